The van der Waals surface area contributed by atoms with E-state index in [4.69, 9.17) is 4.42 Å². The van der Waals surface area contributed by atoms with Gasteiger partial charge in [-0.25, -0.2) is 0 Å². The van der Waals surface area contributed by atoms with Gasteiger partial charge in [0.15, 0.2) is 0 Å². The number of aliphatic hydroxyl groups is 1. The molecular weight excluding hydrogens is 268 g/mol. The summed E-state index contributed by atoms with van der Waals surface area (Å²) in [7, 11) is 3.70. The van der Waals surface area contributed by atoms with Crippen molar-refractivity contribution in [1.29, 1.82) is 0 Å². The van der Waals surface area contributed by atoms with Crippen molar-refractivity contribution in [2.24, 2.45) is 0 Å². The Morgan fingerprint density at radius 2 is 2.05 bits per heavy atom. The first-order valence-corrected chi connectivity index (χ1v) is 7.65. The Hall–Kier alpha value is -1.33. The number of carbonyl (C=O) groups excluding carboxylic acids is 1. The average molecular weight is 294 g/mol. The fraction of sp³-hybridized carbons (Fsp3) is 0.688. The van der Waals surface area contributed by atoms with Crippen LogP contribution in [-0.4, -0.2) is 53.6 Å². The molecule has 1 N–H and O–H groups in total. The van der Waals surface area contributed by atoms with Crippen molar-refractivity contribution >= 4 is 5.91 Å². The summed E-state index contributed by atoms with van der Waals surface area (Å²) in [4.78, 5) is 15.9. The summed E-state index contributed by atoms with van der Waals surface area (Å²) in [5.74, 6) is 1.70. The van der Waals surface area contributed by atoms with Crippen LogP contribution >= 0.6 is 0 Å². The first kappa shape index (κ1) is 16.0. The van der Waals surface area contributed by atoms with Crippen molar-refractivity contribution in [3.8, 4) is 0 Å². The van der Waals surface area contributed by atoms with Gasteiger partial charge in [-0.2, -0.15) is 0 Å². The van der Waals surface area contributed by atoms with Crippen molar-refractivity contribution in [1.82, 2.24) is 9.80 Å². The summed E-state index contributed by atoms with van der Waals surface area (Å²) >= 11 is 0. The van der Waals surface area contributed by atoms with Gasteiger partial charge >= 0.3 is 0 Å². The molecule has 1 aliphatic carbocycles. The lowest BCUT2D eigenvalue weighted by atomic mass is 9.91. The van der Waals surface area contributed by atoms with E-state index in [0.717, 1.165) is 37.2 Å². The molecule has 2 unspecified atom stereocenters. The number of aliphatic hydroxyl groups excluding tert-OH is 1. The summed E-state index contributed by atoms with van der Waals surface area (Å²) in [5.41, 5.74) is 0. The van der Waals surface area contributed by atoms with E-state index in [-0.39, 0.29) is 18.1 Å². The Kier molecular flexibility index (Phi) is 5.42. The standard InChI is InChI=1S/C16H26N2O3/c1-12-8-9-13(21-12)10-18(3)16(20)11-17(2)14-6-4-5-7-15(14)19/h8-9,14-15,19H,4-7,10-11H2,1-3H3. The van der Waals surface area contributed by atoms with Crippen molar-refractivity contribution in [2.75, 3.05) is 20.6 Å². The maximum atomic E-state index is 12.3. The summed E-state index contributed by atoms with van der Waals surface area (Å²) in [5, 5.41) is 10.0. The van der Waals surface area contributed by atoms with E-state index >= 15 is 0 Å². The first-order valence-electron chi connectivity index (χ1n) is 7.65. The highest BCUT2D eigenvalue weighted by molar-refractivity contribution is 5.77. The number of amides is 1. The van der Waals surface area contributed by atoms with Crippen LogP contribution < -0.4 is 0 Å². The number of furan rings is 1. The van der Waals surface area contributed by atoms with Gasteiger partial charge in [-0.15, -0.1) is 0 Å². The topological polar surface area (TPSA) is 56.9 Å². The fourth-order valence-corrected chi connectivity index (χ4v) is 2.95. The third-order valence-corrected chi connectivity index (χ3v) is 4.26. The molecule has 5 heteroatoms. The fourth-order valence-electron chi connectivity index (χ4n) is 2.95. The minimum atomic E-state index is -0.311. The molecule has 0 radical (unpaired) electrons. The Bertz CT molecular complexity index is 472. The molecular formula is C16H26N2O3. The zero-order chi connectivity index (χ0) is 15.4. The van der Waals surface area contributed by atoms with Crippen LogP contribution in [0.15, 0.2) is 16.5 Å². The number of aryl methyl sites for hydroxylation is 1. The number of likely N-dealkylation sites (N-methyl/N-ethyl adjacent to an activating group) is 2. The van der Waals surface area contributed by atoms with Gasteiger partial charge in [-0.1, -0.05) is 12.8 Å². The molecule has 1 aromatic heterocycles. The largest absolute Gasteiger partial charge is 0.464 e. The lowest BCUT2D eigenvalue weighted by Gasteiger charge is -2.35. The van der Waals surface area contributed by atoms with Crippen molar-refractivity contribution in [3.05, 3.63) is 23.7 Å². The molecule has 118 valence electrons. The molecule has 0 bridgehead atoms. The zero-order valence-electron chi connectivity index (χ0n) is 13.2. The highest BCUT2D eigenvalue weighted by Gasteiger charge is 2.28. The lowest BCUT2D eigenvalue weighted by molar-refractivity contribution is -0.132. The van der Waals surface area contributed by atoms with Gasteiger partial charge in [-0.05, 0) is 38.9 Å². The van der Waals surface area contributed by atoms with E-state index in [2.05, 4.69) is 0 Å². The Balaban J connectivity index is 1.84. The molecule has 1 heterocycles. The average Bonchev–Trinajstić information content (AvgIpc) is 2.84. The van der Waals surface area contributed by atoms with Gasteiger partial charge in [0.2, 0.25) is 5.91 Å². The van der Waals surface area contributed by atoms with E-state index in [9.17, 15) is 9.90 Å². The van der Waals surface area contributed by atoms with Crippen molar-refractivity contribution in [3.63, 3.8) is 0 Å². The van der Waals surface area contributed by atoms with Gasteiger partial charge in [0, 0.05) is 13.1 Å². The van der Waals surface area contributed by atoms with Crippen LogP contribution in [0.4, 0.5) is 0 Å². The number of carbonyl (C=O) groups is 1. The highest BCUT2D eigenvalue weighted by Crippen LogP contribution is 2.22. The monoisotopic (exact) mass is 294 g/mol. The summed E-state index contributed by atoms with van der Waals surface area (Å²) in [6.07, 6.45) is 3.70. The van der Waals surface area contributed by atoms with Crippen molar-refractivity contribution < 1.29 is 14.3 Å². The van der Waals surface area contributed by atoms with Crippen LogP contribution in [0.25, 0.3) is 0 Å². The molecule has 0 aliphatic heterocycles. The smallest absolute Gasteiger partial charge is 0.236 e. The summed E-state index contributed by atoms with van der Waals surface area (Å²) in [6.45, 7) is 2.70. The van der Waals surface area contributed by atoms with Gasteiger partial charge in [0.1, 0.15) is 11.5 Å². The first-order chi connectivity index (χ1) is 9.97. The van der Waals surface area contributed by atoms with E-state index in [1.807, 2.05) is 31.0 Å². The van der Waals surface area contributed by atoms with Crippen molar-refractivity contribution in [2.45, 2.75) is 51.3 Å². The maximum absolute atomic E-state index is 12.3. The Labute approximate surface area is 126 Å². The minimum absolute atomic E-state index is 0.0457. The second kappa shape index (κ2) is 7.09. The van der Waals surface area contributed by atoms with E-state index in [0.29, 0.717) is 13.1 Å². The molecule has 21 heavy (non-hydrogen) atoms. The van der Waals surface area contributed by atoms with Crippen LogP contribution in [0, 0.1) is 6.92 Å². The molecule has 1 fully saturated rings. The maximum Gasteiger partial charge on any atom is 0.236 e. The normalized spacial score (nSPS) is 22.5. The SMILES string of the molecule is Cc1ccc(CN(C)C(=O)CN(C)C2CCCCC2O)o1. The number of nitrogens with zero attached hydrogens (tertiary/aromatic N) is 2. The van der Waals surface area contributed by atoms with E-state index < -0.39 is 0 Å². The second-order valence-electron chi connectivity index (χ2n) is 6.10. The molecule has 0 aromatic carbocycles. The third kappa shape index (κ3) is 4.32. The van der Waals surface area contributed by atoms with Crippen LogP contribution in [-0.2, 0) is 11.3 Å². The Morgan fingerprint density at radius 3 is 2.67 bits per heavy atom. The van der Waals surface area contributed by atoms with E-state index in [1.54, 1.807) is 11.9 Å². The zero-order valence-corrected chi connectivity index (χ0v) is 13.2. The third-order valence-electron chi connectivity index (χ3n) is 4.26. The van der Waals surface area contributed by atoms with Gasteiger partial charge in [0.25, 0.3) is 0 Å². The molecule has 5 nitrogen and oxygen atoms in total. The summed E-state index contributed by atoms with van der Waals surface area (Å²) < 4.78 is 5.50. The van der Waals surface area contributed by atoms with Crippen LogP contribution in [0.1, 0.15) is 37.2 Å². The van der Waals surface area contributed by atoms with E-state index in [1.165, 1.54) is 0 Å². The molecule has 1 amide bonds. The molecule has 1 aromatic rings. The van der Waals surface area contributed by atoms with Gasteiger partial charge in [0.05, 0.1) is 19.2 Å². The number of rotatable bonds is 5. The number of hydrogen-bond donors (Lipinski definition) is 1. The van der Waals surface area contributed by atoms with Crippen LogP contribution in [0.2, 0.25) is 0 Å². The summed E-state index contributed by atoms with van der Waals surface area (Å²) in [6, 6.07) is 3.90. The second-order valence-corrected chi connectivity index (χ2v) is 6.10. The van der Waals surface area contributed by atoms with Crippen LogP contribution in [0.3, 0.4) is 0 Å². The molecule has 0 spiro atoms. The minimum Gasteiger partial charge on any atom is -0.464 e. The highest BCUT2D eigenvalue weighted by atomic mass is 16.3. The Morgan fingerprint density at radius 1 is 1.33 bits per heavy atom. The van der Waals surface area contributed by atoms with Crippen LogP contribution in [0.5, 0.6) is 0 Å². The molecule has 2 rings (SSSR count). The quantitative estimate of drug-likeness (QED) is 0.899. The molecule has 2 atom stereocenters. The van der Waals surface area contributed by atoms with Gasteiger partial charge in [-0.3, -0.25) is 9.69 Å². The predicted molar refractivity (Wildman–Crippen MR) is 80.8 cm³/mol. The molecule has 1 aliphatic rings. The lowest BCUT2D eigenvalue weighted by Crippen LogP contribution is -2.47. The molecule has 0 saturated heterocycles. The molecule has 1 saturated carbocycles. The van der Waals surface area contributed by atoms with Gasteiger partial charge < -0.3 is 14.4 Å². The number of hydrogen-bond acceptors (Lipinski definition) is 4. The predicted octanol–water partition coefficient (Wildman–Crippen LogP) is 1.78.